The predicted molar refractivity (Wildman–Crippen MR) is 73.9 cm³/mol. The minimum atomic E-state index is -0.471. The van der Waals surface area contributed by atoms with Crippen molar-refractivity contribution in [2.24, 2.45) is 7.05 Å². The molecule has 1 N–H and O–H groups in total. The minimum absolute atomic E-state index is 0.206. The van der Waals surface area contributed by atoms with Crippen LogP contribution in [-0.4, -0.2) is 23.1 Å². The maximum absolute atomic E-state index is 13.8. The summed E-state index contributed by atoms with van der Waals surface area (Å²) < 4.78 is 29.4. The number of halogens is 3. The maximum Gasteiger partial charge on any atom is 0.132 e. The Morgan fingerprint density at radius 1 is 1.37 bits per heavy atom. The highest BCUT2D eigenvalue weighted by atomic mass is 79.9. The summed E-state index contributed by atoms with van der Waals surface area (Å²) in [5, 5.41) is 3.03. The van der Waals surface area contributed by atoms with Gasteiger partial charge in [-0.15, -0.1) is 0 Å². The van der Waals surface area contributed by atoms with Crippen LogP contribution in [0.15, 0.2) is 22.8 Å². The van der Waals surface area contributed by atoms with Crippen molar-refractivity contribution in [2.45, 2.75) is 6.42 Å². The Labute approximate surface area is 118 Å². The van der Waals surface area contributed by atoms with Crippen molar-refractivity contribution in [3.63, 3.8) is 0 Å². The molecule has 0 fully saturated rings. The van der Waals surface area contributed by atoms with Crippen LogP contribution in [0.2, 0.25) is 0 Å². The van der Waals surface area contributed by atoms with E-state index in [1.807, 2.05) is 7.05 Å². The first-order valence-corrected chi connectivity index (χ1v) is 6.65. The second-order valence-corrected chi connectivity index (χ2v) is 4.96. The fourth-order valence-corrected chi connectivity index (χ4v) is 2.62. The van der Waals surface area contributed by atoms with E-state index < -0.39 is 11.6 Å². The summed E-state index contributed by atoms with van der Waals surface area (Å²) in [6, 6.07) is 3.40. The number of hydrogen-bond donors (Lipinski definition) is 1. The van der Waals surface area contributed by atoms with Gasteiger partial charge >= 0.3 is 0 Å². The van der Waals surface area contributed by atoms with Crippen molar-refractivity contribution in [3.8, 4) is 11.3 Å². The van der Waals surface area contributed by atoms with Crippen LogP contribution in [0.3, 0.4) is 0 Å². The van der Waals surface area contributed by atoms with E-state index in [2.05, 4.69) is 26.2 Å². The lowest BCUT2D eigenvalue weighted by Gasteiger charge is -2.07. The maximum atomic E-state index is 13.8. The Kier molecular flexibility index (Phi) is 4.31. The van der Waals surface area contributed by atoms with Gasteiger partial charge in [-0.2, -0.15) is 0 Å². The molecule has 19 heavy (non-hydrogen) atoms. The lowest BCUT2D eigenvalue weighted by atomic mass is 10.1. The van der Waals surface area contributed by atoms with Gasteiger partial charge < -0.3 is 9.88 Å². The summed E-state index contributed by atoms with van der Waals surface area (Å²) in [5.41, 5.74) is 0.751. The monoisotopic (exact) mass is 329 g/mol. The molecule has 6 heteroatoms. The smallest absolute Gasteiger partial charge is 0.132 e. The molecule has 0 bridgehead atoms. The molecule has 0 saturated heterocycles. The van der Waals surface area contributed by atoms with Crippen molar-refractivity contribution in [1.82, 2.24) is 14.9 Å². The largest absolute Gasteiger partial charge is 0.330 e. The third-order valence-electron chi connectivity index (χ3n) is 2.93. The summed E-state index contributed by atoms with van der Waals surface area (Å²) in [4.78, 5) is 4.35. The van der Waals surface area contributed by atoms with E-state index in [-0.39, 0.29) is 5.56 Å². The van der Waals surface area contributed by atoms with Gasteiger partial charge in [-0.1, -0.05) is 0 Å². The molecule has 0 saturated carbocycles. The van der Waals surface area contributed by atoms with Gasteiger partial charge in [0.2, 0.25) is 0 Å². The number of aromatic nitrogens is 2. The Morgan fingerprint density at radius 3 is 2.79 bits per heavy atom. The van der Waals surface area contributed by atoms with Gasteiger partial charge in [-0.05, 0) is 41.2 Å². The lowest BCUT2D eigenvalue weighted by Crippen LogP contribution is -2.13. The summed E-state index contributed by atoms with van der Waals surface area (Å²) in [7, 11) is 3.65. The van der Waals surface area contributed by atoms with Crippen LogP contribution in [0.25, 0.3) is 11.3 Å². The first kappa shape index (κ1) is 14.1. The molecule has 102 valence electrons. The van der Waals surface area contributed by atoms with Gasteiger partial charge in [0.15, 0.2) is 0 Å². The third-order valence-corrected chi connectivity index (χ3v) is 3.48. The highest BCUT2D eigenvalue weighted by Gasteiger charge is 2.17. The van der Waals surface area contributed by atoms with E-state index in [1.54, 1.807) is 11.6 Å². The van der Waals surface area contributed by atoms with E-state index in [0.29, 0.717) is 16.7 Å². The molecule has 1 heterocycles. The zero-order chi connectivity index (χ0) is 14.0. The summed E-state index contributed by atoms with van der Waals surface area (Å²) in [5.74, 6) is -0.133. The van der Waals surface area contributed by atoms with Crippen molar-refractivity contribution < 1.29 is 8.78 Å². The molecule has 0 aliphatic carbocycles. The molecular weight excluding hydrogens is 316 g/mol. The second kappa shape index (κ2) is 5.79. The van der Waals surface area contributed by atoms with Crippen LogP contribution in [0, 0.1) is 11.6 Å². The van der Waals surface area contributed by atoms with Gasteiger partial charge in [-0.3, -0.25) is 0 Å². The Balaban J connectivity index is 2.50. The number of nitrogens with one attached hydrogen (secondary N) is 1. The number of hydrogen-bond acceptors (Lipinski definition) is 2. The average molecular weight is 330 g/mol. The predicted octanol–water partition coefficient (Wildman–Crippen LogP) is 2.89. The SMILES string of the molecule is CNCCc1nc(Br)c(-c2cc(F)ccc2F)n1C. The van der Waals surface area contributed by atoms with E-state index in [4.69, 9.17) is 0 Å². The quantitative estimate of drug-likeness (QED) is 0.934. The molecule has 0 unspecified atom stereocenters. The summed E-state index contributed by atoms with van der Waals surface area (Å²) in [6.45, 7) is 0.766. The minimum Gasteiger partial charge on any atom is -0.330 e. The molecule has 0 spiro atoms. The van der Waals surface area contributed by atoms with Gasteiger partial charge in [-0.25, -0.2) is 13.8 Å². The van der Waals surface area contributed by atoms with E-state index in [0.717, 1.165) is 24.5 Å². The molecular formula is C13H14BrF2N3. The number of imidazole rings is 1. The molecule has 3 nitrogen and oxygen atoms in total. The molecule has 2 rings (SSSR count). The zero-order valence-electron chi connectivity index (χ0n) is 10.7. The number of benzene rings is 1. The average Bonchev–Trinajstić information content (AvgIpc) is 2.65. The van der Waals surface area contributed by atoms with Crippen LogP contribution in [0.4, 0.5) is 8.78 Å². The number of rotatable bonds is 4. The van der Waals surface area contributed by atoms with Gasteiger partial charge in [0.25, 0.3) is 0 Å². The Bertz CT molecular complexity index is 596. The molecule has 1 aromatic heterocycles. The van der Waals surface area contributed by atoms with Crippen molar-refractivity contribution in [2.75, 3.05) is 13.6 Å². The van der Waals surface area contributed by atoms with Crippen LogP contribution in [0.5, 0.6) is 0 Å². The van der Waals surface area contributed by atoms with Crippen LogP contribution < -0.4 is 5.32 Å². The summed E-state index contributed by atoms with van der Waals surface area (Å²) >= 11 is 3.31. The Morgan fingerprint density at radius 2 is 2.11 bits per heavy atom. The fourth-order valence-electron chi connectivity index (χ4n) is 1.94. The van der Waals surface area contributed by atoms with E-state index in [9.17, 15) is 8.78 Å². The molecule has 0 amide bonds. The molecule has 1 aromatic carbocycles. The molecule has 0 aliphatic rings. The highest BCUT2D eigenvalue weighted by molar-refractivity contribution is 9.10. The topological polar surface area (TPSA) is 29.9 Å². The molecule has 2 aromatic rings. The van der Waals surface area contributed by atoms with Crippen LogP contribution in [0.1, 0.15) is 5.82 Å². The van der Waals surface area contributed by atoms with Crippen molar-refractivity contribution >= 4 is 15.9 Å². The van der Waals surface area contributed by atoms with E-state index >= 15 is 0 Å². The molecule has 0 radical (unpaired) electrons. The first-order chi connectivity index (χ1) is 9.04. The van der Waals surface area contributed by atoms with Crippen LogP contribution >= 0.6 is 15.9 Å². The first-order valence-electron chi connectivity index (χ1n) is 5.85. The highest BCUT2D eigenvalue weighted by Crippen LogP contribution is 2.31. The fraction of sp³-hybridized carbons (Fsp3) is 0.308. The van der Waals surface area contributed by atoms with Crippen molar-refractivity contribution in [1.29, 1.82) is 0 Å². The standard InChI is InChI=1S/C13H14BrF2N3/c1-17-6-5-11-18-13(14)12(19(11)2)9-7-8(15)3-4-10(9)16/h3-4,7,17H,5-6H2,1-2H3. The number of nitrogens with zero attached hydrogens (tertiary/aromatic N) is 2. The Hall–Kier alpha value is -1.27. The van der Waals surface area contributed by atoms with E-state index in [1.165, 1.54) is 6.07 Å². The van der Waals surface area contributed by atoms with Crippen molar-refractivity contribution in [3.05, 3.63) is 40.3 Å². The van der Waals surface area contributed by atoms with Gasteiger partial charge in [0.1, 0.15) is 22.1 Å². The third kappa shape index (κ3) is 2.84. The second-order valence-electron chi connectivity index (χ2n) is 4.20. The zero-order valence-corrected chi connectivity index (χ0v) is 12.3. The summed E-state index contributed by atoms with van der Waals surface area (Å²) in [6.07, 6.45) is 0.711. The molecule has 0 aliphatic heterocycles. The normalized spacial score (nSPS) is 11.0. The van der Waals surface area contributed by atoms with Gasteiger partial charge in [0.05, 0.1) is 5.69 Å². The van der Waals surface area contributed by atoms with Gasteiger partial charge in [0, 0.05) is 25.6 Å². The van der Waals surface area contributed by atoms with Crippen LogP contribution in [-0.2, 0) is 13.5 Å². The molecule has 0 atom stereocenters. The number of likely N-dealkylation sites (N-methyl/N-ethyl adjacent to an activating group) is 1. The lowest BCUT2D eigenvalue weighted by molar-refractivity contribution is 0.601.